The minimum atomic E-state index is -1.09. The third kappa shape index (κ3) is 9.81. The zero-order chi connectivity index (χ0) is 19.2. The van der Waals surface area contributed by atoms with Crippen LogP contribution in [0.2, 0.25) is 0 Å². The van der Waals surface area contributed by atoms with E-state index in [1.807, 2.05) is 30.3 Å². The third-order valence-electron chi connectivity index (χ3n) is 3.88. The van der Waals surface area contributed by atoms with Crippen molar-refractivity contribution in [3.8, 4) is 0 Å². The van der Waals surface area contributed by atoms with Crippen LogP contribution >= 0.6 is 0 Å². The predicted octanol–water partition coefficient (Wildman–Crippen LogP) is 4.02. The van der Waals surface area contributed by atoms with Gasteiger partial charge in [-0.2, -0.15) is 0 Å². The first-order valence-corrected chi connectivity index (χ1v) is 9.14. The van der Waals surface area contributed by atoms with Crippen LogP contribution in [0, 0.1) is 0 Å². The topological polar surface area (TPSA) is 81.4 Å². The van der Waals surface area contributed by atoms with Crippen molar-refractivity contribution in [3.63, 3.8) is 0 Å². The molecule has 26 heavy (non-hydrogen) atoms. The number of rotatable bonds is 12. The highest BCUT2D eigenvalue weighted by atomic mass is 19.1. The first kappa shape index (κ1) is 21.7. The summed E-state index contributed by atoms with van der Waals surface area (Å²) in [5.74, 6) is -1.27. The number of allylic oxidation sites excluding steroid dienone is 1. The normalized spacial score (nSPS) is 12.5. The van der Waals surface area contributed by atoms with Crippen LogP contribution in [0.25, 0.3) is 0 Å². The van der Waals surface area contributed by atoms with Gasteiger partial charge in [-0.15, -0.1) is 0 Å². The number of halogens is 1. The summed E-state index contributed by atoms with van der Waals surface area (Å²) in [5, 5.41) is 2.38. The molecule has 1 atom stereocenters. The Morgan fingerprint density at radius 2 is 1.96 bits per heavy atom. The second-order valence-corrected chi connectivity index (χ2v) is 6.18. The van der Waals surface area contributed by atoms with Crippen LogP contribution in [-0.2, 0) is 16.0 Å². The van der Waals surface area contributed by atoms with Gasteiger partial charge in [-0.1, -0.05) is 62.6 Å². The van der Waals surface area contributed by atoms with Gasteiger partial charge in [0.15, 0.2) is 0 Å². The molecule has 5 nitrogen and oxygen atoms in total. The SMILES string of the molecule is CCCCCCOC(=O)N[C@H](CC(N)=O)/C(F)=C/CCc1ccccc1. The number of carbonyl (C=O) groups excluding carboxylic acids is 2. The fourth-order valence-electron chi connectivity index (χ4n) is 2.46. The van der Waals surface area contributed by atoms with Gasteiger partial charge in [0.2, 0.25) is 5.91 Å². The van der Waals surface area contributed by atoms with Crippen LogP contribution in [0.15, 0.2) is 42.2 Å². The molecule has 0 bridgehead atoms. The number of ether oxygens (including phenoxy) is 1. The monoisotopic (exact) mass is 364 g/mol. The van der Waals surface area contributed by atoms with Gasteiger partial charge < -0.3 is 15.8 Å². The summed E-state index contributed by atoms with van der Waals surface area (Å²) < 4.78 is 19.4. The summed E-state index contributed by atoms with van der Waals surface area (Å²) in [7, 11) is 0. The number of aryl methyl sites for hydroxylation is 1. The lowest BCUT2D eigenvalue weighted by atomic mass is 10.1. The molecule has 144 valence electrons. The average molecular weight is 364 g/mol. The van der Waals surface area contributed by atoms with Gasteiger partial charge in [-0.25, -0.2) is 9.18 Å². The fraction of sp³-hybridized carbons (Fsp3) is 0.500. The predicted molar refractivity (Wildman–Crippen MR) is 100 cm³/mol. The molecule has 0 saturated heterocycles. The molecular weight excluding hydrogens is 335 g/mol. The maximum absolute atomic E-state index is 14.4. The van der Waals surface area contributed by atoms with Crippen molar-refractivity contribution in [2.24, 2.45) is 5.73 Å². The van der Waals surface area contributed by atoms with Crippen molar-refractivity contribution in [1.29, 1.82) is 0 Å². The number of nitrogens with one attached hydrogen (secondary N) is 1. The lowest BCUT2D eigenvalue weighted by molar-refractivity contribution is -0.118. The molecule has 0 aliphatic carbocycles. The summed E-state index contributed by atoms with van der Waals surface area (Å²) >= 11 is 0. The fourth-order valence-corrected chi connectivity index (χ4v) is 2.46. The molecular formula is C20H29FN2O3. The molecule has 3 N–H and O–H groups in total. The van der Waals surface area contributed by atoms with Crippen LogP contribution < -0.4 is 11.1 Å². The minimum Gasteiger partial charge on any atom is -0.450 e. The van der Waals surface area contributed by atoms with Crippen molar-refractivity contribution in [3.05, 3.63) is 47.8 Å². The first-order valence-electron chi connectivity index (χ1n) is 9.14. The Balaban J connectivity index is 2.48. The highest BCUT2D eigenvalue weighted by molar-refractivity contribution is 5.76. The number of hydrogen-bond acceptors (Lipinski definition) is 3. The molecule has 1 aromatic carbocycles. The summed E-state index contributed by atoms with van der Waals surface area (Å²) in [5.41, 5.74) is 6.24. The molecule has 0 fully saturated rings. The number of benzene rings is 1. The van der Waals surface area contributed by atoms with Gasteiger partial charge in [0, 0.05) is 0 Å². The Bertz CT molecular complexity index is 576. The Hall–Kier alpha value is -2.37. The van der Waals surface area contributed by atoms with E-state index in [0.29, 0.717) is 12.8 Å². The molecule has 1 aromatic rings. The highest BCUT2D eigenvalue weighted by Crippen LogP contribution is 2.12. The maximum atomic E-state index is 14.4. The van der Waals surface area contributed by atoms with Gasteiger partial charge >= 0.3 is 6.09 Å². The average Bonchev–Trinajstić information content (AvgIpc) is 2.61. The number of amides is 2. The summed E-state index contributed by atoms with van der Waals surface area (Å²) in [6.45, 7) is 2.36. The Morgan fingerprint density at radius 1 is 1.23 bits per heavy atom. The lowest BCUT2D eigenvalue weighted by Crippen LogP contribution is -2.39. The van der Waals surface area contributed by atoms with Crippen molar-refractivity contribution in [2.75, 3.05) is 6.61 Å². The van der Waals surface area contributed by atoms with E-state index < -0.39 is 23.9 Å². The van der Waals surface area contributed by atoms with Crippen molar-refractivity contribution in [1.82, 2.24) is 5.32 Å². The van der Waals surface area contributed by atoms with Crippen LogP contribution in [0.3, 0.4) is 0 Å². The second-order valence-electron chi connectivity index (χ2n) is 6.18. The van der Waals surface area contributed by atoms with E-state index in [1.54, 1.807) is 0 Å². The smallest absolute Gasteiger partial charge is 0.407 e. The van der Waals surface area contributed by atoms with Crippen LogP contribution in [0.1, 0.15) is 51.0 Å². The number of alkyl carbamates (subject to hydrolysis) is 1. The molecule has 0 heterocycles. The Kier molecular flexibility index (Phi) is 10.8. The number of carbonyl (C=O) groups is 2. The number of unbranched alkanes of at least 4 members (excludes halogenated alkanes) is 3. The minimum absolute atomic E-state index is 0.272. The first-order chi connectivity index (χ1) is 12.5. The largest absolute Gasteiger partial charge is 0.450 e. The molecule has 0 saturated carbocycles. The van der Waals surface area contributed by atoms with Crippen molar-refractivity contribution in [2.45, 2.75) is 57.9 Å². The molecule has 0 spiro atoms. The van der Waals surface area contributed by atoms with Gasteiger partial charge in [-0.05, 0) is 24.8 Å². The van der Waals surface area contributed by atoms with Gasteiger partial charge in [0.25, 0.3) is 0 Å². The molecule has 1 rings (SSSR count). The number of nitrogens with two attached hydrogens (primary N) is 1. The zero-order valence-electron chi connectivity index (χ0n) is 15.4. The summed E-state index contributed by atoms with van der Waals surface area (Å²) in [6.07, 6.45) is 5.36. The van der Waals surface area contributed by atoms with E-state index in [0.717, 1.165) is 31.2 Å². The van der Waals surface area contributed by atoms with E-state index in [4.69, 9.17) is 10.5 Å². The van der Waals surface area contributed by atoms with E-state index in [1.165, 1.54) is 6.08 Å². The number of primary amides is 1. The van der Waals surface area contributed by atoms with Crippen LogP contribution in [0.5, 0.6) is 0 Å². The Labute approximate surface area is 154 Å². The quantitative estimate of drug-likeness (QED) is 0.550. The number of hydrogen-bond donors (Lipinski definition) is 2. The van der Waals surface area contributed by atoms with Crippen LogP contribution in [0.4, 0.5) is 9.18 Å². The van der Waals surface area contributed by atoms with Gasteiger partial charge in [0.05, 0.1) is 19.1 Å². The molecule has 0 aliphatic rings. The van der Waals surface area contributed by atoms with E-state index in [9.17, 15) is 14.0 Å². The molecule has 6 heteroatoms. The highest BCUT2D eigenvalue weighted by Gasteiger charge is 2.20. The molecule has 2 amide bonds. The van der Waals surface area contributed by atoms with E-state index in [2.05, 4.69) is 12.2 Å². The van der Waals surface area contributed by atoms with Crippen molar-refractivity contribution >= 4 is 12.0 Å². The standard InChI is InChI=1S/C20H29FN2O3/c1-2-3-4-8-14-26-20(25)23-18(15-19(22)24)17(21)13-9-12-16-10-6-5-7-11-16/h5-7,10-11,13,18H,2-4,8-9,12,14-15H2,1H3,(H2,22,24)(H,23,25)/b17-13-/t18-/m1/s1. The third-order valence-corrected chi connectivity index (χ3v) is 3.88. The maximum Gasteiger partial charge on any atom is 0.407 e. The second kappa shape index (κ2) is 12.9. The summed E-state index contributed by atoms with van der Waals surface area (Å²) in [6, 6.07) is 8.58. The summed E-state index contributed by atoms with van der Waals surface area (Å²) in [4.78, 5) is 22.9. The van der Waals surface area contributed by atoms with Crippen LogP contribution in [-0.4, -0.2) is 24.6 Å². The lowest BCUT2D eigenvalue weighted by Gasteiger charge is -2.16. The Morgan fingerprint density at radius 3 is 2.62 bits per heavy atom. The van der Waals surface area contributed by atoms with Gasteiger partial charge in [0.1, 0.15) is 5.83 Å². The van der Waals surface area contributed by atoms with E-state index >= 15 is 0 Å². The molecule has 0 aliphatic heterocycles. The molecule has 0 aromatic heterocycles. The zero-order valence-corrected chi connectivity index (χ0v) is 15.4. The van der Waals surface area contributed by atoms with Crippen molar-refractivity contribution < 1.29 is 18.7 Å². The molecule has 0 unspecified atom stereocenters. The van der Waals surface area contributed by atoms with E-state index in [-0.39, 0.29) is 13.0 Å². The van der Waals surface area contributed by atoms with Gasteiger partial charge in [-0.3, -0.25) is 4.79 Å². The molecule has 0 radical (unpaired) electrons.